The van der Waals surface area contributed by atoms with Crippen molar-refractivity contribution >= 4 is 78.7 Å². The number of fused-ring (bicyclic) bond motifs is 1. The molecule has 0 aromatic carbocycles. The second kappa shape index (κ2) is 8.67. The summed E-state index contributed by atoms with van der Waals surface area (Å²) in [6.07, 6.45) is 4.19. The van der Waals surface area contributed by atoms with Gasteiger partial charge in [0.1, 0.15) is 0 Å². The molecule has 0 bridgehead atoms. The topological polar surface area (TPSA) is 35.8 Å². The zero-order chi connectivity index (χ0) is 17.8. The van der Waals surface area contributed by atoms with Gasteiger partial charge in [-0.05, 0) is 48.6 Å². The molecule has 3 heterocycles. The highest BCUT2D eigenvalue weighted by Crippen LogP contribution is 2.40. The van der Waals surface area contributed by atoms with Gasteiger partial charge in [-0.1, -0.05) is 29.6 Å². The lowest BCUT2D eigenvalue weighted by Gasteiger charge is -1.97. The molecule has 1 N–H and O–H groups in total. The summed E-state index contributed by atoms with van der Waals surface area (Å²) in [6, 6.07) is 6.57. The molecule has 0 unspecified atom stereocenters. The molecule has 1 aliphatic rings. The standard InChI is InChI=1S/C18H16N2S5/c1-11(18-22-5-6-23-18)3-4-13(21)15-8-17-16(25-15)7-14(24-17)12(9-19)10-20-2/h3-8,20-21H,10H2,1-2H3/b4-3-,14-12+,15-13+. The number of thiophene rings is 2. The van der Waals surface area contributed by atoms with E-state index >= 15 is 0 Å². The van der Waals surface area contributed by atoms with Crippen LogP contribution in [0.15, 0.2) is 44.9 Å². The van der Waals surface area contributed by atoms with Crippen LogP contribution in [-0.4, -0.2) is 13.6 Å². The van der Waals surface area contributed by atoms with Crippen molar-refractivity contribution in [2.24, 2.45) is 0 Å². The highest BCUT2D eigenvalue weighted by molar-refractivity contribution is 8.27. The Labute approximate surface area is 169 Å². The minimum Gasteiger partial charge on any atom is -0.315 e. The van der Waals surface area contributed by atoms with E-state index in [0.717, 1.165) is 19.5 Å². The lowest BCUT2D eigenvalue weighted by atomic mass is 10.3. The number of nitrogens with one attached hydrogen (secondary N) is 1. The molecular weight excluding hydrogens is 405 g/mol. The van der Waals surface area contributed by atoms with Crippen molar-refractivity contribution in [1.29, 1.82) is 5.26 Å². The number of allylic oxidation sites excluding steroid dienone is 2. The van der Waals surface area contributed by atoms with Crippen LogP contribution in [-0.2, 0) is 0 Å². The summed E-state index contributed by atoms with van der Waals surface area (Å²) >= 11 is 11.6. The predicted octanol–water partition coefficient (Wildman–Crippen LogP) is 4.63. The van der Waals surface area contributed by atoms with E-state index in [0.29, 0.717) is 6.54 Å². The minimum absolute atomic E-state index is 0.600. The summed E-state index contributed by atoms with van der Waals surface area (Å²) in [4.78, 5) is 0.968. The van der Waals surface area contributed by atoms with Crippen LogP contribution >= 0.6 is 58.8 Å². The van der Waals surface area contributed by atoms with Crippen LogP contribution in [0.5, 0.6) is 0 Å². The average Bonchev–Trinajstić information content (AvgIpc) is 3.32. The Balaban J connectivity index is 1.93. The minimum atomic E-state index is 0.600. The maximum atomic E-state index is 9.27. The molecule has 1 aliphatic heterocycles. The van der Waals surface area contributed by atoms with E-state index in [9.17, 15) is 5.26 Å². The molecule has 0 atom stereocenters. The zero-order valence-electron chi connectivity index (χ0n) is 13.7. The number of nitriles is 1. The normalized spacial score (nSPS) is 16.6. The average molecular weight is 421 g/mol. The first kappa shape index (κ1) is 18.9. The molecule has 25 heavy (non-hydrogen) atoms. The number of hydrogen-bond acceptors (Lipinski definition) is 7. The number of nitrogens with zero attached hydrogens (tertiary/aromatic N) is 1. The first-order valence-electron chi connectivity index (χ1n) is 7.50. The van der Waals surface area contributed by atoms with Gasteiger partial charge >= 0.3 is 0 Å². The van der Waals surface area contributed by atoms with Gasteiger partial charge < -0.3 is 5.32 Å². The molecule has 2 nitrogen and oxygen atoms in total. The molecule has 0 saturated carbocycles. The molecule has 2 aromatic rings. The third-order valence-corrected chi connectivity index (χ3v) is 8.76. The second-order valence-corrected chi connectivity index (χ2v) is 10.0. The number of rotatable bonds is 4. The quantitative estimate of drug-likeness (QED) is 0.707. The molecular formula is C18H16N2S5. The molecule has 0 aliphatic carbocycles. The summed E-state index contributed by atoms with van der Waals surface area (Å²) in [7, 11) is 1.86. The van der Waals surface area contributed by atoms with Gasteiger partial charge in [0.15, 0.2) is 0 Å². The van der Waals surface area contributed by atoms with E-state index in [2.05, 4.69) is 66.0 Å². The van der Waals surface area contributed by atoms with Crippen molar-refractivity contribution in [3.05, 3.63) is 54.0 Å². The van der Waals surface area contributed by atoms with Gasteiger partial charge in [0.05, 0.1) is 15.9 Å². The fourth-order valence-corrected chi connectivity index (χ4v) is 6.56. The van der Waals surface area contributed by atoms with Crippen molar-refractivity contribution in [2.45, 2.75) is 6.92 Å². The summed E-state index contributed by atoms with van der Waals surface area (Å²) in [5.74, 6) is 0. The van der Waals surface area contributed by atoms with Crippen LogP contribution in [0.4, 0.5) is 0 Å². The Kier molecular flexibility index (Phi) is 6.55. The lowest BCUT2D eigenvalue weighted by Crippen LogP contribution is -2.13. The maximum Gasteiger partial charge on any atom is 0.0975 e. The van der Waals surface area contributed by atoms with Gasteiger partial charge in [0, 0.05) is 29.9 Å². The second-order valence-electron chi connectivity index (χ2n) is 5.27. The van der Waals surface area contributed by atoms with Crippen molar-refractivity contribution < 1.29 is 0 Å². The Hall–Kier alpha value is -0.880. The van der Waals surface area contributed by atoms with Gasteiger partial charge in [-0.15, -0.1) is 35.3 Å². The maximum absolute atomic E-state index is 9.27. The molecule has 2 aromatic heterocycles. The molecule has 3 rings (SSSR count). The van der Waals surface area contributed by atoms with Crippen molar-refractivity contribution in [3.8, 4) is 6.07 Å². The zero-order valence-corrected chi connectivity index (χ0v) is 17.9. The molecule has 7 heteroatoms. The van der Waals surface area contributed by atoms with E-state index in [1.54, 1.807) is 46.2 Å². The Morgan fingerprint density at radius 2 is 1.80 bits per heavy atom. The third kappa shape index (κ3) is 4.45. The van der Waals surface area contributed by atoms with Gasteiger partial charge in [-0.25, -0.2) is 0 Å². The summed E-state index contributed by atoms with van der Waals surface area (Å²) in [5, 5.41) is 16.5. The van der Waals surface area contributed by atoms with Gasteiger partial charge in [-0.2, -0.15) is 5.26 Å². The Morgan fingerprint density at radius 1 is 1.16 bits per heavy atom. The van der Waals surface area contributed by atoms with Crippen molar-refractivity contribution in [1.82, 2.24) is 5.32 Å². The van der Waals surface area contributed by atoms with Crippen LogP contribution in [0.2, 0.25) is 0 Å². The van der Waals surface area contributed by atoms with Crippen LogP contribution in [0.25, 0.3) is 19.9 Å². The van der Waals surface area contributed by atoms with E-state index in [1.165, 1.54) is 19.2 Å². The van der Waals surface area contributed by atoms with E-state index in [-0.39, 0.29) is 0 Å². The number of hydrogen-bond donors (Lipinski definition) is 2. The third-order valence-electron chi connectivity index (χ3n) is 3.46. The van der Waals surface area contributed by atoms with Crippen LogP contribution < -0.4 is 14.4 Å². The van der Waals surface area contributed by atoms with Crippen LogP contribution in [0.3, 0.4) is 0 Å². The first-order valence-corrected chi connectivity index (χ1v) is 11.3. The molecule has 0 saturated heterocycles. The van der Waals surface area contributed by atoms with Crippen molar-refractivity contribution in [2.75, 3.05) is 13.6 Å². The Bertz CT molecular complexity index is 996. The number of thiol groups is 1. The molecule has 0 fully saturated rings. The highest BCUT2D eigenvalue weighted by atomic mass is 32.2. The van der Waals surface area contributed by atoms with E-state index in [1.807, 2.05) is 7.05 Å². The summed E-state index contributed by atoms with van der Waals surface area (Å²) in [6.45, 7) is 2.73. The van der Waals surface area contributed by atoms with E-state index in [4.69, 9.17) is 0 Å². The first-order chi connectivity index (χ1) is 12.1. The van der Waals surface area contributed by atoms with Gasteiger partial charge in [0.25, 0.3) is 0 Å². The van der Waals surface area contributed by atoms with Gasteiger partial charge in [-0.3, -0.25) is 0 Å². The SMILES string of the molecule is CNC/C(C#N)=c1\cc2s/c(=C(S)\C=C/C(C)=C3SC=CS3)cc2s1. The predicted molar refractivity (Wildman–Crippen MR) is 120 cm³/mol. The smallest absolute Gasteiger partial charge is 0.0975 e. The molecule has 0 spiro atoms. The van der Waals surface area contributed by atoms with Gasteiger partial charge in [0.2, 0.25) is 0 Å². The van der Waals surface area contributed by atoms with Crippen molar-refractivity contribution in [3.63, 3.8) is 0 Å². The highest BCUT2D eigenvalue weighted by Gasteiger charge is 2.06. The number of thioether (sulfide) groups is 2. The summed E-state index contributed by atoms with van der Waals surface area (Å²) in [5.41, 5.74) is 2.04. The molecule has 0 radical (unpaired) electrons. The van der Waals surface area contributed by atoms with E-state index < -0.39 is 0 Å². The molecule has 128 valence electrons. The van der Waals surface area contributed by atoms with Crippen LogP contribution in [0, 0.1) is 11.3 Å². The largest absolute Gasteiger partial charge is 0.315 e. The fraction of sp³-hybridized carbons (Fsp3) is 0.167. The Morgan fingerprint density at radius 3 is 2.44 bits per heavy atom. The molecule has 0 amide bonds. The lowest BCUT2D eigenvalue weighted by molar-refractivity contribution is 0.934. The fourth-order valence-electron chi connectivity index (χ4n) is 2.22. The van der Waals surface area contributed by atoms with Crippen LogP contribution in [0.1, 0.15) is 6.92 Å². The summed E-state index contributed by atoms with van der Waals surface area (Å²) < 4.78 is 5.93. The monoisotopic (exact) mass is 420 g/mol.